The average molecular weight is 1730 g/mol. The van der Waals surface area contributed by atoms with Gasteiger partial charge in [0.1, 0.15) is 34.3 Å². The van der Waals surface area contributed by atoms with Gasteiger partial charge in [-0.1, -0.05) is 251 Å². The van der Waals surface area contributed by atoms with Crippen molar-refractivity contribution < 1.29 is 27.4 Å². The van der Waals surface area contributed by atoms with E-state index in [0.717, 1.165) is 204 Å². The van der Waals surface area contributed by atoms with Crippen molar-refractivity contribution in [2.45, 2.75) is 56.8 Å². The molecule has 0 bridgehead atoms. The molecule has 0 amide bonds. The molecule has 0 spiro atoms. The van der Waals surface area contributed by atoms with Gasteiger partial charge in [0.2, 0.25) is 0 Å². The zero-order valence-corrected chi connectivity index (χ0v) is 74.1. The predicted octanol–water partition coefficient (Wildman–Crippen LogP) is 32.6. The van der Waals surface area contributed by atoms with Crippen molar-refractivity contribution in [2.75, 3.05) is 46.0 Å². The lowest BCUT2D eigenvalue weighted by Crippen LogP contribution is -2.46. The first-order valence-electron chi connectivity index (χ1n) is 46.3. The zero-order chi connectivity index (χ0) is 89.2. The van der Waals surface area contributed by atoms with Gasteiger partial charge in [-0.2, -0.15) is 0 Å². The Morgan fingerprint density at radius 1 is 0.263 bits per heavy atom. The van der Waals surface area contributed by atoms with Crippen LogP contribution in [0.15, 0.2) is 441 Å². The molecule has 8 nitrogen and oxygen atoms in total. The molecule has 1 aliphatic heterocycles. The van der Waals surface area contributed by atoms with Crippen LogP contribution in [-0.4, -0.2) is 26.4 Å². The summed E-state index contributed by atoms with van der Waals surface area (Å²) in [6.07, 6.45) is 5.78. The molecule has 1 saturated heterocycles. The summed E-state index contributed by atoms with van der Waals surface area (Å²) in [5.74, 6) is 1.11. The van der Waals surface area contributed by atoms with E-state index in [2.05, 4.69) is 422 Å². The van der Waals surface area contributed by atoms with Gasteiger partial charge in [0.15, 0.2) is 0 Å². The van der Waals surface area contributed by atoms with Gasteiger partial charge >= 0.3 is 0 Å². The number of anilines is 12. The maximum atomic E-state index is 15.2. The minimum Gasteiger partial charge on any atom is -0.493 e. The van der Waals surface area contributed by atoms with Crippen LogP contribution < -0.4 is 29.1 Å². The number of para-hydroxylation sites is 4. The SMILES string of the molecule is CCC1(COc2ccc(C3(c4ccc(F)cc4)c4ccccc4-c4ccc(N(c5ccccc5)c5ccc(-c6ccc(N(c7ccccc7)c7ccc8c(c7)oc7cc(N(c9ccccc9)c9ccc(-c%10ccc(N(c%11ccccc%11)c%11ccc%12c(c%11)C(c%11ccc(F)cc%11)(c%11ccc(OCC%13(CC)COC%13)cc%11)c%11ccccc%11-%12)cc%10)cc9)ccc78)cc6)cc5)cc43)cc2)CCC1. The highest BCUT2D eigenvalue weighted by molar-refractivity contribution is 6.08. The summed E-state index contributed by atoms with van der Waals surface area (Å²) >= 11 is 0. The van der Waals surface area contributed by atoms with Crippen molar-refractivity contribution in [3.8, 4) is 56.0 Å². The minimum atomic E-state index is -0.796. The van der Waals surface area contributed by atoms with Gasteiger partial charge in [-0.3, -0.25) is 0 Å². The Kier molecular flexibility index (Phi) is 20.9. The Morgan fingerprint density at radius 3 is 0.850 bits per heavy atom. The van der Waals surface area contributed by atoms with E-state index in [1.807, 2.05) is 24.3 Å². The Morgan fingerprint density at radius 2 is 0.541 bits per heavy atom. The van der Waals surface area contributed by atoms with Crippen LogP contribution in [-0.2, 0) is 15.6 Å². The standard InChI is InChI=1S/C123H96F2N4O4/c1-3-120(74-21-75-120)82-131-106-66-46-90(47-67-106)122(88-42-50-92(124)51-43-88)114-32-19-17-30-108(114)110-70-62-102(76-116(110)122)126(94-22-9-5-10-23-94)98-54-34-84(35-55-98)86-38-58-100(59-39-86)128(96-26-13-7-14-27-96)104-64-72-112-113-73-65-105(79-119(113)133-118(112)78-104)129(97-28-15-8-16-29-97)101-60-40-87(41-61-101)85-36-56-99(57-37-85)127(95-24-11-6-12-25-95)103-63-71-111-109-31-18-20-33-115(109)123(117(111)77-103,89-44-52-93(125)53-45-89)91-48-68-107(69-49-91)132-83-121(4-2)80-130-81-121/h5-20,22-73,76-79H,3-4,21,74-75,80-83H2,1-2H3. The van der Waals surface area contributed by atoms with Crippen molar-refractivity contribution in [2.24, 2.45) is 10.8 Å². The molecule has 2 heterocycles. The molecule has 0 N–H and O–H groups in total. The molecule has 133 heavy (non-hydrogen) atoms. The highest BCUT2D eigenvalue weighted by Gasteiger charge is 2.49. The summed E-state index contributed by atoms with van der Waals surface area (Å²) in [6.45, 7) is 7.21. The molecule has 3 aliphatic carbocycles. The first-order chi connectivity index (χ1) is 65.5. The number of benzene rings is 18. The highest BCUT2D eigenvalue weighted by Crippen LogP contribution is 2.61. The Labute approximate surface area is 775 Å². The molecular formula is C123H96F2N4O4. The number of hydrogen-bond donors (Lipinski definition) is 0. The third-order valence-electron chi connectivity index (χ3n) is 28.7. The van der Waals surface area contributed by atoms with E-state index in [9.17, 15) is 0 Å². The molecule has 2 fully saturated rings. The number of hydrogen-bond acceptors (Lipinski definition) is 8. The van der Waals surface area contributed by atoms with Gasteiger partial charge in [-0.05, 0) is 309 Å². The molecule has 0 radical (unpaired) electrons. The molecular weight excluding hydrogens is 1640 g/mol. The third-order valence-corrected chi connectivity index (χ3v) is 28.7. The summed E-state index contributed by atoms with van der Waals surface area (Å²) in [7, 11) is 0. The maximum absolute atomic E-state index is 15.2. The van der Waals surface area contributed by atoms with Crippen molar-refractivity contribution >= 4 is 90.2 Å². The average Bonchev–Trinajstić information content (AvgIpc) is 1.54. The quantitative estimate of drug-likeness (QED) is 0.0532. The van der Waals surface area contributed by atoms with E-state index >= 15 is 8.78 Å². The lowest BCUT2D eigenvalue weighted by Gasteiger charge is -2.40. The Hall–Kier alpha value is -15.6. The minimum absolute atomic E-state index is 0.0325. The van der Waals surface area contributed by atoms with Crippen molar-refractivity contribution in [1.82, 2.24) is 0 Å². The first-order valence-corrected chi connectivity index (χ1v) is 46.3. The van der Waals surface area contributed by atoms with Crippen LogP contribution in [0.1, 0.15) is 90.5 Å². The normalized spacial score (nSPS) is 15.8. The fraction of sp³-hybridized carbons (Fsp3) is 0.122. The number of ether oxygens (including phenoxy) is 3. The number of nitrogens with zero attached hydrogens (tertiary/aromatic N) is 4. The van der Waals surface area contributed by atoms with Crippen molar-refractivity contribution in [3.63, 3.8) is 0 Å². The summed E-state index contributed by atoms with van der Waals surface area (Å²) in [5.41, 5.74) is 29.8. The fourth-order valence-corrected chi connectivity index (χ4v) is 21.3. The van der Waals surface area contributed by atoms with Gasteiger partial charge in [0.25, 0.3) is 0 Å². The van der Waals surface area contributed by atoms with Gasteiger partial charge in [-0.25, -0.2) is 8.78 Å². The lowest BCUT2D eigenvalue weighted by molar-refractivity contribution is -0.133. The smallest absolute Gasteiger partial charge is 0.137 e. The van der Waals surface area contributed by atoms with Crippen LogP contribution in [0, 0.1) is 22.5 Å². The number of fused-ring (bicyclic) bond motifs is 9. The second kappa shape index (κ2) is 34.0. The van der Waals surface area contributed by atoms with Crippen LogP contribution in [0.5, 0.6) is 11.5 Å². The molecule has 1 aromatic heterocycles. The van der Waals surface area contributed by atoms with Crippen molar-refractivity contribution in [1.29, 1.82) is 0 Å². The lowest BCUT2D eigenvalue weighted by atomic mass is 9.67. The van der Waals surface area contributed by atoms with E-state index in [1.54, 1.807) is 24.3 Å². The zero-order valence-electron chi connectivity index (χ0n) is 74.1. The van der Waals surface area contributed by atoms with E-state index in [-0.39, 0.29) is 22.5 Å². The largest absolute Gasteiger partial charge is 0.493 e. The van der Waals surface area contributed by atoms with Crippen LogP contribution in [0.4, 0.5) is 77.0 Å². The Bertz CT molecular complexity index is 7010. The first kappa shape index (κ1) is 81.8. The van der Waals surface area contributed by atoms with E-state index < -0.39 is 10.8 Å². The summed E-state index contributed by atoms with van der Waals surface area (Å²) < 4.78 is 56.0. The monoisotopic (exact) mass is 1730 g/mol. The summed E-state index contributed by atoms with van der Waals surface area (Å²) in [4.78, 5) is 9.26. The number of rotatable bonds is 26. The van der Waals surface area contributed by atoms with Crippen LogP contribution in [0.25, 0.3) is 66.4 Å². The number of halogens is 2. The molecule has 23 rings (SSSR count). The molecule has 18 aromatic carbocycles. The van der Waals surface area contributed by atoms with E-state index in [4.69, 9.17) is 18.6 Å². The van der Waals surface area contributed by atoms with Crippen LogP contribution in [0.2, 0.25) is 0 Å². The van der Waals surface area contributed by atoms with Crippen LogP contribution >= 0.6 is 0 Å². The Balaban J connectivity index is 0.524. The molecule has 19 aromatic rings. The summed E-state index contributed by atoms with van der Waals surface area (Å²) in [5, 5.41) is 2.05. The molecule has 1 saturated carbocycles. The fourth-order valence-electron chi connectivity index (χ4n) is 21.3. The van der Waals surface area contributed by atoms with Crippen LogP contribution in [0.3, 0.4) is 0 Å². The maximum Gasteiger partial charge on any atom is 0.137 e. The summed E-state index contributed by atoms with van der Waals surface area (Å²) in [6, 6.07) is 153. The van der Waals surface area contributed by atoms with Crippen molar-refractivity contribution in [3.05, 3.63) is 493 Å². The highest BCUT2D eigenvalue weighted by atomic mass is 19.1. The second-order valence-corrected chi connectivity index (χ2v) is 36.1. The van der Waals surface area contributed by atoms with Gasteiger partial charge in [-0.15, -0.1) is 0 Å². The number of furan rings is 1. The van der Waals surface area contributed by atoms with Gasteiger partial charge in [0.05, 0.1) is 42.7 Å². The molecule has 2 unspecified atom stereocenters. The van der Waals surface area contributed by atoms with E-state index in [1.165, 1.54) is 19.3 Å². The predicted molar refractivity (Wildman–Crippen MR) is 539 cm³/mol. The topological polar surface area (TPSA) is 53.8 Å². The second-order valence-electron chi connectivity index (χ2n) is 36.1. The third kappa shape index (κ3) is 14.5. The molecule has 2 atom stereocenters. The van der Waals surface area contributed by atoms with E-state index in [0.29, 0.717) is 26.4 Å². The van der Waals surface area contributed by atoms with Gasteiger partial charge in [0, 0.05) is 96.6 Å². The van der Waals surface area contributed by atoms with Gasteiger partial charge < -0.3 is 38.2 Å². The molecule has 646 valence electrons. The molecule has 10 heteroatoms. The molecule has 4 aliphatic rings.